The van der Waals surface area contributed by atoms with Gasteiger partial charge in [0.15, 0.2) is 0 Å². The molecule has 0 spiro atoms. The zero-order valence-electron chi connectivity index (χ0n) is 11.2. The van der Waals surface area contributed by atoms with Gasteiger partial charge in [-0.2, -0.15) is 0 Å². The zero-order valence-corrected chi connectivity index (χ0v) is 11.2. The Morgan fingerprint density at radius 3 is 2.58 bits per heavy atom. The lowest BCUT2D eigenvalue weighted by molar-refractivity contribution is 0.608. The molecule has 1 heterocycles. The van der Waals surface area contributed by atoms with Gasteiger partial charge in [0.1, 0.15) is 5.82 Å². The second kappa shape index (κ2) is 5.80. The second-order valence-corrected chi connectivity index (χ2v) is 4.68. The molecule has 3 nitrogen and oxygen atoms in total. The van der Waals surface area contributed by atoms with E-state index in [1.165, 1.54) is 6.07 Å². The first-order valence-corrected chi connectivity index (χ1v) is 6.24. The second-order valence-electron chi connectivity index (χ2n) is 4.68. The minimum Gasteiger partial charge on any atom is -0.369 e. The number of hydrogen-bond acceptors (Lipinski definition) is 3. The summed E-state index contributed by atoms with van der Waals surface area (Å²) in [4.78, 5) is 6.26. The quantitative estimate of drug-likeness (QED) is 0.918. The van der Waals surface area contributed by atoms with Gasteiger partial charge in [-0.15, -0.1) is 0 Å². The summed E-state index contributed by atoms with van der Waals surface area (Å²) in [5.41, 5.74) is 8.21. The zero-order chi connectivity index (χ0) is 13.8. The minimum atomic E-state index is -0.186. The van der Waals surface area contributed by atoms with Gasteiger partial charge >= 0.3 is 0 Å². The van der Waals surface area contributed by atoms with Crippen LogP contribution in [0.15, 0.2) is 42.6 Å². The molecule has 100 valence electrons. The van der Waals surface area contributed by atoms with Crippen LogP contribution in [0.3, 0.4) is 0 Å². The summed E-state index contributed by atoms with van der Waals surface area (Å²) in [6, 6.07) is 10.6. The lowest BCUT2D eigenvalue weighted by atomic mass is 10.2. The number of anilines is 1. The summed E-state index contributed by atoms with van der Waals surface area (Å²) in [7, 11) is 1.91. The van der Waals surface area contributed by atoms with Crippen LogP contribution in [0.2, 0.25) is 0 Å². The minimum absolute atomic E-state index is 0.0778. The third kappa shape index (κ3) is 3.29. The van der Waals surface area contributed by atoms with Crippen LogP contribution in [0.4, 0.5) is 10.1 Å². The molecular formula is C15H18FN3. The molecule has 2 N–H and O–H groups in total. The van der Waals surface area contributed by atoms with Crippen LogP contribution in [0.25, 0.3) is 0 Å². The van der Waals surface area contributed by atoms with Crippen molar-refractivity contribution >= 4 is 5.69 Å². The molecule has 19 heavy (non-hydrogen) atoms. The van der Waals surface area contributed by atoms with Gasteiger partial charge in [0.2, 0.25) is 0 Å². The van der Waals surface area contributed by atoms with Crippen molar-refractivity contribution in [3.8, 4) is 0 Å². The number of nitrogens with two attached hydrogens (primary N) is 1. The standard InChI is InChI=1S/C15H18FN3/c1-11(17)15-8-7-13(9-18-15)19(2)10-12-5-3-4-6-14(12)16/h3-9,11H,10,17H2,1-2H3/t11-/m0/s1. The molecule has 2 aromatic rings. The number of halogens is 1. The SMILES string of the molecule is C[C@H](N)c1ccc(N(C)Cc2ccccc2F)cn1. The van der Waals surface area contributed by atoms with E-state index in [1.54, 1.807) is 18.3 Å². The Labute approximate surface area is 112 Å². The van der Waals surface area contributed by atoms with Crippen LogP contribution in [0.1, 0.15) is 24.2 Å². The Bertz CT molecular complexity index is 537. The van der Waals surface area contributed by atoms with E-state index < -0.39 is 0 Å². The predicted octanol–water partition coefficient (Wildman–Crippen LogP) is 2.88. The summed E-state index contributed by atoms with van der Waals surface area (Å²) in [6.45, 7) is 2.40. The van der Waals surface area contributed by atoms with E-state index in [2.05, 4.69) is 4.98 Å². The van der Waals surface area contributed by atoms with Gasteiger partial charge in [0, 0.05) is 25.2 Å². The maximum atomic E-state index is 13.6. The fourth-order valence-corrected chi connectivity index (χ4v) is 1.87. The van der Waals surface area contributed by atoms with Crippen molar-refractivity contribution in [3.63, 3.8) is 0 Å². The number of nitrogens with zero attached hydrogens (tertiary/aromatic N) is 2. The van der Waals surface area contributed by atoms with Gasteiger partial charge in [-0.25, -0.2) is 4.39 Å². The number of benzene rings is 1. The van der Waals surface area contributed by atoms with E-state index >= 15 is 0 Å². The topological polar surface area (TPSA) is 42.1 Å². The highest BCUT2D eigenvalue weighted by Gasteiger charge is 2.07. The summed E-state index contributed by atoms with van der Waals surface area (Å²) in [6.07, 6.45) is 1.76. The first-order valence-electron chi connectivity index (χ1n) is 6.24. The van der Waals surface area contributed by atoms with Crippen LogP contribution in [0, 0.1) is 5.82 Å². The fourth-order valence-electron chi connectivity index (χ4n) is 1.87. The molecule has 0 aliphatic heterocycles. The number of aromatic nitrogens is 1. The molecule has 1 aromatic carbocycles. The van der Waals surface area contributed by atoms with E-state index in [4.69, 9.17) is 5.73 Å². The first-order chi connectivity index (χ1) is 9.08. The average molecular weight is 259 g/mol. The van der Waals surface area contributed by atoms with E-state index in [0.29, 0.717) is 12.1 Å². The number of rotatable bonds is 4. The summed E-state index contributed by atoms with van der Waals surface area (Å²) in [5, 5.41) is 0. The van der Waals surface area contributed by atoms with Crippen LogP contribution in [-0.4, -0.2) is 12.0 Å². The monoisotopic (exact) mass is 259 g/mol. The van der Waals surface area contributed by atoms with Crippen LogP contribution in [-0.2, 0) is 6.54 Å². The van der Waals surface area contributed by atoms with Crippen LogP contribution < -0.4 is 10.6 Å². The molecule has 0 aliphatic rings. The van der Waals surface area contributed by atoms with E-state index in [-0.39, 0.29) is 11.9 Å². The van der Waals surface area contributed by atoms with Gasteiger partial charge in [-0.3, -0.25) is 4.98 Å². The van der Waals surface area contributed by atoms with Gasteiger partial charge in [-0.05, 0) is 25.1 Å². The predicted molar refractivity (Wildman–Crippen MR) is 75.3 cm³/mol. The highest BCUT2D eigenvalue weighted by Crippen LogP contribution is 2.17. The van der Waals surface area contributed by atoms with Crippen molar-refractivity contribution in [2.75, 3.05) is 11.9 Å². The van der Waals surface area contributed by atoms with Crippen molar-refractivity contribution in [2.24, 2.45) is 5.73 Å². The smallest absolute Gasteiger partial charge is 0.128 e. The molecule has 2 rings (SSSR count). The molecule has 1 aromatic heterocycles. The van der Waals surface area contributed by atoms with Crippen molar-refractivity contribution in [2.45, 2.75) is 19.5 Å². The molecule has 4 heteroatoms. The van der Waals surface area contributed by atoms with E-state index in [1.807, 2.05) is 37.1 Å². The van der Waals surface area contributed by atoms with Crippen molar-refractivity contribution in [3.05, 3.63) is 59.7 Å². The molecule has 0 amide bonds. The lowest BCUT2D eigenvalue weighted by Gasteiger charge is -2.19. The number of pyridine rings is 1. The molecule has 0 fully saturated rings. The normalized spacial score (nSPS) is 12.2. The van der Waals surface area contributed by atoms with Crippen molar-refractivity contribution in [1.82, 2.24) is 4.98 Å². The summed E-state index contributed by atoms with van der Waals surface area (Å²) in [5.74, 6) is -0.186. The molecule has 0 unspecified atom stereocenters. The van der Waals surface area contributed by atoms with E-state index in [0.717, 1.165) is 11.4 Å². The van der Waals surface area contributed by atoms with E-state index in [9.17, 15) is 4.39 Å². The molecule has 1 atom stereocenters. The summed E-state index contributed by atoms with van der Waals surface area (Å²) >= 11 is 0. The average Bonchev–Trinajstić information content (AvgIpc) is 2.41. The Morgan fingerprint density at radius 1 is 1.26 bits per heavy atom. The maximum Gasteiger partial charge on any atom is 0.128 e. The maximum absolute atomic E-state index is 13.6. The Hall–Kier alpha value is -1.94. The largest absolute Gasteiger partial charge is 0.369 e. The van der Waals surface area contributed by atoms with Gasteiger partial charge in [0.05, 0.1) is 17.6 Å². The molecule has 0 aliphatic carbocycles. The fraction of sp³-hybridized carbons (Fsp3) is 0.267. The van der Waals surface area contributed by atoms with Crippen LogP contribution in [0.5, 0.6) is 0 Å². The highest BCUT2D eigenvalue weighted by atomic mass is 19.1. The lowest BCUT2D eigenvalue weighted by Crippen LogP contribution is -2.18. The van der Waals surface area contributed by atoms with Crippen LogP contribution >= 0.6 is 0 Å². The number of hydrogen-bond donors (Lipinski definition) is 1. The highest BCUT2D eigenvalue weighted by molar-refractivity contribution is 5.44. The Kier molecular flexibility index (Phi) is 4.12. The van der Waals surface area contributed by atoms with Crippen molar-refractivity contribution < 1.29 is 4.39 Å². The van der Waals surface area contributed by atoms with Gasteiger partial charge < -0.3 is 10.6 Å². The van der Waals surface area contributed by atoms with Crippen molar-refractivity contribution in [1.29, 1.82) is 0 Å². The van der Waals surface area contributed by atoms with Gasteiger partial charge in [-0.1, -0.05) is 18.2 Å². The van der Waals surface area contributed by atoms with Gasteiger partial charge in [0.25, 0.3) is 0 Å². The Morgan fingerprint density at radius 2 is 2.00 bits per heavy atom. The Balaban J connectivity index is 2.12. The molecule has 0 saturated carbocycles. The molecule has 0 radical (unpaired) electrons. The molecule has 0 bridgehead atoms. The third-order valence-corrected chi connectivity index (χ3v) is 3.04. The summed E-state index contributed by atoms with van der Waals surface area (Å²) < 4.78 is 13.6. The molecular weight excluding hydrogens is 241 g/mol. The first kappa shape index (κ1) is 13.5. The molecule has 0 saturated heterocycles. The third-order valence-electron chi connectivity index (χ3n) is 3.04.